The molecule has 1 aromatic heterocycles. The minimum Gasteiger partial charge on any atom is -0.311 e. The molecule has 3 heterocycles. The van der Waals surface area contributed by atoms with Crippen molar-refractivity contribution < 1.29 is 0 Å². The van der Waals surface area contributed by atoms with Crippen molar-refractivity contribution in [2.24, 2.45) is 0 Å². The Kier molecular flexibility index (Phi) is 1.62. The summed E-state index contributed by atoms with van der Waals surface area (Å²) in [6.07, 6.45) is 5.91. The number of aromatic nitrogens is 1. The molecule has 2 heteroatoms. The topological polar surface area (TPSA) is 24.9 Å². The molecular weight excluding hydrogens is 160 g/mol. The van der Waals surface area contributed by atoms with Crippen molar-refractivity contribution in [1.29, 1.82) is 0 Å². The summed E-state index contributed by atoms with van der Waals surface area (Å²) < 4.78 is 0. The van der Waals surface area contributed by atoms with Gasteiger partial charge in [-0.2, -0.15) is 0 Å². The van der Waals surface area contributed by atoms with E-state index in [1.165, 1.54) is 25.0 Å². The van der Waals surface area contributed by atoms with E-state index in [0.717, 1.165) is 6.04 Å². The molecule has 0 aliphatic carbocycles. The fraction of sp³-hybridized carbons (Fsp3) is 0.545. The Hall–Kier alpha value is -0.890. The van der Waals surface area contributed by atoms with Crippen LogP contribution in [-0.4, -0.2) is 17.1 Å². The molecule has 0 saturated carbocycles. The second kappa shape index (κ2) is 2.81. The molecule has 2 nitrogen and oxygen atoms in total. The molecular formula is C11H14N2. The first kappa shape index (κ1) is 7.51. The first-order valence-electron chi connectivity index (χ1n) is 5.10. The minimum absolute atomic E-state index is 0.681. The molecule has 2 saturated heterocycles. The number of nitrogens with one attached hydrogen (secondary N) is 1. The molecule has 3 rings (SSSR count). The largest absolute Gasteiger partial charge is 0.311 e. The lowest BCUT2D eigenvalue weighted by Gasteiger charge is -2.18. The highest BCUT2D eigenvalue weighted by atomic mass is 15.0. The number of fused-ring (bicyclic) bond motifs is 2. The summed E-state index contributed by atoms with van der Waals surface area (Å²) in [6, 6.07) is 7.72. The third-order valence-corrected chi connectivity index (χ3v) is 3.37. The lowest BCUT2D eigenvalue weighted by Crippen LogP contribution is -2.21. The van der Waals surface area contributed by atoms with Gasteiger partial charge in [-0.3, -0.25) is 4.98 Å². The van der Waals surface area contributed by atoms with Gasteiger partial charge in [0, 0.05) is 29.9 Å². The van der Waals surface area contributed by atoms with Crippen molar-refractivity contribution in [2.45, 2.75) is 37.3 Å². The quantitative estimate of drug-likeness (QED) is 0.700. The van der Waals surface area contributed by atoms with Crippen LogP contribution in [0.3, 0.4) is 0 Å². The van der Waals surface area contributed by atoms with Crippen LogP contribution in [0.15, 0.2) is 24.4 Å². The Labute approximate surface area is 78.4 Å². The Morgan fingerprint density at radius 2 is 2.31 bits per heavy atom. The molecule has 3 atom stereocenters. The highest BCUT2D eigenvalue weighted by Crippen LogP contribution is 2.38. The second-order valence-electron chi connectivity index (χ2n) is 4.14. The summed E-state index contributed by atoms with van der Waals surface area (Å²) >= 11 is 0. The van der Waals surface area contributed by atoms with Gasteiger partial charge >= 0.3 is 0 Å². The maximum Gasteiger partial charge on any atom is 0.0450 e. The second-order valence-corrected chi connectivity index (χ2v) is 4.14. The molecule has 2 aliphatic rings. The lowest BCUT2D eigenvalue weighted by molar-refractivity contribution is 0.497. The van der Waals surface area contributed by atoms with E-state index in [-0.39, 0.29) is 0 Å². The highest BCUT2D eigenvalue weighted by Gasteiger charge is 2.40. The minimum atomic E-state index is 0.681. The third kappa shape index (κ3) is 1.17. The molecule has 2 bridgehead atoms. The van der Waals surface area contributed by atoms with Crippen molar-refractivity contribution in [1.82, 2.24) is 10.3 Å². The van der Waals surface area contributed by atoms with Gasteiger partial charge in [-0.25, -0.2) is 0 Å². The first-order valence-corrected chi connectivity index (χ1v) is 5.10. The van der Waals surface area contributed by atoms with E-state index in [9.17, 15) is 0 Å². The normalized spacial score (nSPS) is 36.8. The summed E-state index contributed by atoms with van der Waals surface area (Å²) in [5.74, 6) is 0.681. The summed E-state index contributed by atoms with van der Waals surface area (Å²) in [4.78, 5) is 4.44. The molecule has 0 spiro atoms. The zero-order chi connectivity index (χ0) is 8.67. The first-order chi connectivity index (χ1) is 6.43. The Morgan fingerprint density at radius 3 is 2.92 bits per heavy atom. The molecule has 3 unspecified atom stereocenters. The smallest absolute Gasteiger partial charge is 0.0450 e. The monoisotopic (exact) mass is 174 g/mol. The molecule has 0 amide bonds. The highest BCUT2D eigenvalue weighted by molar-refractivity contribution is 5.17. The summed E-state index contributed by atoms with van der Waals surface area (Å²) in [7, 11) is 0. The molecule has 0 radical (unpaired) electrons. The van der Waals surface area contributed by atoms with Gasteiger partial charge in [-0.05, 0) is 31.4 Å². The van der Waals surface area contributed by atoms with Gasteiger partial charge < -0.3 is 5.32 Å². The Balaban J connectivity index is 1.87. The van der Waals surface area contributed by atoms with Crippen molar-refractivity contribution in [3.8, 4) is 0 Å². The molecule has 68 valence electrons. The Morgan fingerprint density at radius 1 is 1.31 bits per heavy atom. The van der Waals surface area contributed by atoms with Crippen LogP contribution in [0.1, 0.15) is 30.9 Å². The van der Waals surface area contributed by atoms with Crippen molar-refractivity contribution >= 4 is 0 Å². The van der Waals surface area contributed by atoms with Crippen molar-refractivity contribution in [2.75, 3.05) is 0 Å². The van der Waals surface area contributed by atoms with Gasteiger partial charge in [-0.15, -0.1) is 0 Å². The zero-order valence-corrected chi connectivity index (χ0v) is 7.61. The van der Waals surface area contributed by atoms with Crippen LogP contribution in [0.4, 0.5) is 0 Å². The van der Waals surface area contributed by atoms with Crippen molar-refractivity contribution in [3.05, 3.63) is 30.1 Å². The van der Waals surface area contributed by atoms with Gasteiger partial charge in [0.25, 0.3) is 0 Å². The van der Waals surface area contributed by atoms with E-state index < -0.39 is 0 Å². The molecule has 2 fully saturated rings. The zero-order valence-electron chi connectivity index (χ0n) is 7.61. The van der Waals surface area contributed by atoms with E-state index in [2.05, 4.69) is 22.4 Å². The summed E-state index contributed by atoms with van der Waals surface area (Å²) in [6.45, 7) is 0. The standard InChI is InChI=1S/C11H14N2/c1-2-6-12-10(3-1)9-7-8-4-5-11(9)13-8/h1-3,6,8-9,11,13H,4-5,7H2. The third-order valence-electron chi connectivity index (χ3n) is 3.37. The average Bonchev–Trinajstić information content (AvgIpc) is 2.80. The number of pyridine rings is 1. The maximum absolute atomic E-state index is 4.44. The number of hydrogen-bond acceptors (Lipinski definition) is 2. The summed E-state index contributed by atoms with van der Waals surface area (Å²) in [5.41, 5.74) is 1.28. The molecule has 2 aliphatic heterocycles. The predicted octanol–water partition coefficient (Wildman–Crippen LogP) is 1.69. The van der Waals surface area contributed by atoms with E-state index in [0.29, 0.717) is 12.0 Å². The van der Waals surface area contributed by atoms with Crippen LogP contribution in [0, 0.1) is 0 Å². The summed E-state index contributed by atoms with van der Waals surface area (Å²) in [5, 5.41) is 3.64. The van der Waals surface area contributed by atoms with Gasteiger partial charge in [0.05, 0.1) is 0 Å². The van der Waals surface area contributed by atoms with Crippen LogP contribution in [0.2, 0.25) is 0 Å². The van der Waals surface area contributed by atoms with Crippen LogP contribution in [-0.2, 0) is 0 Å². The van der Waals surface area contributed by atoms with Crippen LogP contribution in [0.25, 0.3) is 0 Å². The number of nitrogens with zero attached hydrogens (tertiary/aromatic N) is 1. The molecule has 0 aromatic carbocycles. The van der Waals surface area contributed by atoms with E-state index >= 15 is 0 Å². The van der Waals surface area contributed by atoms with E-state index in [1.807, 2.05) is 12.3 Å². The lowest BCUT2D eigenvalue weighted by atomic mass is 9.86. The van der Waals surface area contributed by atoms with E-state index in [1.54, 1.807) is 0 Å². The SMILES string of the molecule is c1ccc(C2CC3CCC2N3)nc1. The fourth-order valence-corrected chi connectivity index (χ4v) is 2.75. The van der Waals surface area contributed by atoms with Gasteiger partial charge in [0.2, 0.25) is 0 Å². The van der Waals surface area contributed by atoms with Gasteiger partial charge in [-0.1, -0.05) is 6.07 Å². The van der Waals surface area contributed by atoms with Crippen LogP contribution < -0.4 is 5.32 Å². The van der Waals surface area contributed by atoms with Crippen LogP contribution in [0.5, 0.6) is 0 Å². The molecule has 13 heavy (non-hydrogen) atoms. The number of rotatable bonds is 1. The average molecular weight is 174 g/mol. The fourth-order valence-electron chi connectivity index (χ4n) is 2.75. The predicted molar refractivity (Wildman–Crippen MR) is 51.5 cm³/mol. The Bertz CT molecular complexity index is 296. The van der Waals surface area contributed by atoms with E-state index in [4.69, 9.17) is 0 Å². The molecule has 1 aromatic rings. The van der Waals surface area contributed by atoms with Crippen LogP contribution >= 0.6 is 0 Å². The van der Waals surface area contributed by atoms with Crippen molar-refractivity contribution in [3.63, 3.8) is 0 Å². The number of hydrogen-bond donors (Lipinski definition) is 1. The van der Waals surface area contributed by atoms with Gasteiger partial charge in [0.1, 0.15) is 0 Å². The molecule has 1 N–H and O–H groups in total. The van der Waals surface area contributed by atoms with Gasteiger partial charge in [0.15, 0.2) is 0 Å². The maximum atomic E-state index is 4.44.